The summed E-state index contributed by atoms with van der Waals surface area (Å²) >= 11 is 0. The number of carbonyl (C=O) groups is 1. The van der Waals surface area contributed by atoms with Gasteiger partial charge in [-0.1, -0.05) is 12.1 Å². The Kier molecular flexibility index (Phi) is 4.93. The summed E-state index contributed by atoms with van der Waals surface area (Å²) in [4.78, 5) is 15.3. The number of anilines is 1. The molecule has 0 spiro atoms. The van der Waals surface area contributed by atoms with Gasteiger partial charge in [-0.25, -0.2) is 9.37 Å². The molecule has 0 aliphatic carbocycles. The lowest BCUT2D eigenvalue weighted by atomic mass is 9.97. The second-order valence-corrected chi connectivity index (χ2v) is 6.63. The zero-order valence-electron chi connectivity index (χ0n) is 15.3. The van der Waals surface area contributed by atoms with Crippen LogP contribution in [-0.2, 0) is 11.2 Å². The number of carbonyl (C=O) groups excluding carboxylic acids is 1. The van der Waals surface area contributed by atoms with Crippen molar-refractivity contribution in [1.82, 2.24) is 4.98 Å². The van der Waals surface area contributed by atoms with Crippen molar-refractivity contribution < 1.29 is 18.7 Å². The van der Waals surface area contributed by atoms with Crippen LogP contribution in [0.4, 0.5) is 10.1 Å². The molecule has 1 N–H and O–H groups in total. The van der Waals surface area contributed by atoms with E-state index in [4.69, 9.17) is 9.47 Å². The van der Waals surface area contributed by atoms with Crippen molar-refractivity contribution in [2.24, 2.45) is 0 Å². The molecule has 1 atom stereocenters. The van der Waals surface area contributed by atoms with Crippen molar-refractivity contribution in [3.05, 3.63) is 77.7 Å². The molecular formula is C22H19FN2O3. The lowest BCUT2D eigenvalue weighted by molar-refractivity contribution is -0.114. The maximum absolute atomic E-state index is 13.1. The second kappa shape index (κ2) is 7.68. The lowest BCUT2D eigenvalue weighted by Crippen LogP contribution is -2.15. The maximum atomic E-state index is 13.1. The molecule has 0 saturated carbocycles. The van der Waals surface area contributed by atoms with Crippen molar-refractivity contribution in [1.29, 1.82) is 0 Å². The first-order valence-electron chi connectivity index (χ1n) is 9.03. The van der Waals surface area contributed by atoms with Gasteiger partial charge in [0, 0.05) is 13.0 Å². The summed E-state index contributed by atoms with van der Waals surface area (Å²) in [6, 6.07) is 15.5. The SMILES string of the molecule is CC(=O)Nc1ccc(Oc2ccc3c(c2)CCC(c2ccc(F)cc2)O3)nc1. The highest BCUT2D eigenvalue weighted by atomic mass is 19.1. The van der Waals surface area contributed by atoms with Crippen LogP contribution in [0.3, 0.4) is 0 Å². The van der Waals surface area contributed by atoms with Gasteiger partial charge in [-0.05, 0) is 60.4 Å². The third kappa shape index (κ3) is 4.11. The predicted octanol–water partition coefficient (Wildman–Crippen LogP) is 5.04. The zero-order valence-corrected chi connectivity index (χ0v) is 15.3. The molecule has 0 bridgehead atoms. The molecule has 142 valence electrons. The van der Waals surface area contributed by atoms with Crippen LogP contribution in [0, 0.1) is 5.82 Å². The summed E-state index contributed by atoms with van der Waals surface area (Å²) in [5, 5.41) is 2.66. The number of nitrogens with zero attached hydrogens (tertiary/aromatic N) is 1. The van der Waals surface area contributed by atoms with Crippen molar-refractivity contribution >= 4 is 11.6 Å². The van der Waals surface area contributed by atoms with Crippen LogP contribution in [0.2, 0.25) is 0 Å². The van der Waals surface area contributed by atoms with Gasteiger partial charge in [0.25, 0.3) is 0 Å². The summed E-state index contributed by atoms with van der Waals surface area (Å²) in [5.74, 6) is 1.52. The number of hydrogen-bond donors (Lipinski definition) is 1. The highest BCUT2D eigenvalue weighted by Crippen LogP contribution is 2.37. The Morgan fingerprint density at radius 1 is 1.18 bits per heavy atom. The van der Waals surface area contributed by atoms with E-state index in [1.807, 2.05) is 18.2 Å². The number of amides is 1. The summed E-state index contributed by atoms with van der Waals surface area (Å²) < 4.78 is 25.0. The molecule has 1 unspecified atom stereocenters. The van der Waals surface area contributed by atoms with Crippen molar-refractivity contribution in [3.63, 3.8) is 0 Å². The summed E-state index contributed by atoms with van der Waals surface area (Å²) in [7, 11) is 0. The maximum Gasteiger partial charge on any atom is 0.221 e. The molecular weight excluding hydrogens is 359 g/mol. The fraction of sp³-hybridized carbons (Fsp3) is 0.182. The average molecular weight is 378 g/mol. The summed E-state index contributed by atoms with van der Waals surface area (Å²) in [5.41, 5.74) is 2.65. The van der Waals surface area contributed by atoms with Gasteiger partial charge in [0.15, 0.2) is 0 Å². The third-order valence-corrected chi connectivity index (χ3v) is 4.50. The number of aryl methyl sites for hydroxylation is 1. The lowest BCUT2D eigenvalue weighted by Gasteiger charge is -2.26. The molecule has 1 amide bonds. The molecule has 28 heavy (non-hydrogen) atoms. The van der Waals surface area contributed by atoms with Crippen LogP contribution < -0.4 is 14.8 Å². The van der Waals surface area contributed by atoms with Crippen LogP contribution in [0.1, 0.15) is 30.6 Å². The number of aromatic nitrogens is 1. The fourth-order valence-corrected chi connectivity index (χ4v) is 3.18. The molecule has 2 aromatic carbocycles. The minimum absolute atomic E-state index is 0.0807. The van der Waals surface area contributed by atoms with Gasteiger partial charge in [-0.2, -0.15) is 0 Å². The molecule has 6 heteroatoms. The van der Waals surface area contributed by atoms with Gasteiger partial charge in [0.2, 0.25) is 11.8 Å². The molecule has 3 aromatic rings. The van der Waals surface area contributed by atoms with Gasteiger partial charge >= 0.3 is 0 Å². The number of hydrogen-bond acceptors (Lipinski definition) is 4. The number of benzene rings is 2. The average Bonchev–Trinajstić information content (AvgIpc) is 2.69. The van der Waals surface area contributed by atoms with E-state index >= 15 is 0 Å². The third-order valence-electron chi connectivity index (χ3n) is 4.50. The molecule has 0 saturated heterocycles. The molecule has 1 aliphatic rings. The number of halogens is 1. The quantitative estimate of drug-likeness (QED) is 0.691. The van der Waals surface area contributed by atoms with Crippen molar-refractivity contribution in [3.8, 4) is 17.4 Å². The van der Waals surface area contributed by atoms with Crippen LogP contribution in [0.15, 0.2) is 60.8 Å². The molecule has 1 aliphatic heterocycles. The van der Waals surface area contributed by atoms with Crippen molar-refractivity contribution in [2.45, 2.75) is 25.9 Å². The molecule has 0 radical (unpaired) electrons. The predicted molar refractivity (Wildman–Crippen MR) is 103 cm³/mol. The minimum Gasteiger partial charge on any atom is -0.485 e. The van der Waals surface area contributed by atoms with Crippen LogP contribution in [-0.4, -0.2) is 10.9 Å². The van der Waals surface area contributed by atoms with Crippen LogP contribution in [0.5, 0.6) is 17.4 Å². The van der Waals surface area contributed by atoms with Gasteiger partial charge in [-0.15, -0.1) is 0 Å². The van der Waals surface area contributed by atoms with Gasteiger partial charge in [0.1, 0.15) is 23.4 Å². The molecule has 2 heterocycles. The number of rotatable bonds is 4. The van der Waals surface area contributed by atoms with Gasteiger partial charge in [0.05, 0.1) is 11.9 Å². The Hall–Kier alpha value is -3.41. The van der Waals surface area contributed by atoms with E-state index < -0.39 is 0 Å². The van der Waals surface area contributed by atoms with Crippen molar-refractivity contribution in [2.75, 3.05) is 5.32 Å². The standard InChI is InChI=1S/C22H19FN2O3/c1-14(26)25-18-7-11-22(24-13-18)27-19-8-10-21-16(12-19)4-9-20(28-21)15-2-5-17(23)6-3-15/h2-3,5-8,10-13,20H,4,9H2,1H3,(H,25,26). The number of ether oxygens (including phenoxy) is 2. The van der Waals surface area contributed by atoms with Crippen LogP contribution >= 0.6 is 0 Å². The van der Waals surface area contributed by atoms with E-state index in [2.05, 4.69) is 10.3 Å². The molecule has 5 nitrogen and oxygen atoms in total. The number of nitrogens with one attached hydrogen (secondary N) is 1. The smallest absolute Gasteiger partial charge is 0.221 e. The van der Waals surface area contributed by atoms with E-state index in [1.54, 1.807) is 30.5 Å². The summed E-state index contributed by atoms with van der Waals surface area (Å²) in [6.07, 6.45) is 3.11. The molecule has 4 rings (SSSR count). The molecule has 1 aromatic heterocycles. The highest BCUT2D eigenvalue weighted by Gasteiger charge is 2.22. The Labute approximate surface area is 162 Å². The van der Waals surface area contributed by atoms with Gasteiger partial charge in [-0.3, -0.25) is 4.79 Å². The Balaban J connectivity index is 1.45. The number of fused-ring (bicyclic) bond motifs is 1. The van der Waals surface area contributed by atoms with E-state index in [0.717, 1.165) is 29.7 Å². The Morgan fingerprint density at radius 3 is 2.71 bits per heavy atom. The summed E-state index contributed by atoms with van der Waals surface area (Å²) in [6.45, 7) is 1.44. The Morgan fingerprint density at radius 2 is 2.00 bits per heavy atom. The first kappa shape index (κ1) is 18.0. The number of pyridine rings is 1. The zero-order chi connectivity index (χ0) is 19.5. The highest BCUT2D eigenvalue weighted by molar-refractivity contribution is 5.88. The monoisotopic (exact) mass is 378 g/mol. The molecule has 0 fully saturated rings. The van der Waals surface area contributed by atoms with E-state index in [-0.39, 0.29) is 17.8 Å². The van der Waals surface area contributed by atoms with E-state index in [1.165, 1.54) is 19.1 Å². The van der Waals surface area contributed by atoms with Gasteiger partial charge < -0.3 is 14.8 Å². The van der Waals surface area contributed by atoms with Crippen LogP contribution in [0.25, 0.3) is 0 Å². The second-order valence-electron chi connectivity index (χ2n) is 6.63. The normalized spacial score (nSPS) is 15.3. The first-order chi connectivity index (χ1) is 13.6. The minimum atomic E-state index is -0.250. The van der Waals surface area contributed by atoms with E-state index in [9.17, 15) is 9.18 Å². The Bertz CT molecular complexity index is 988. The topological polar surface area (TPSA) is 60.5 Å². The largest absolute Gasteiger partial charge is 0.485 e. The fourth-order valence-electron chi connectivity index (χ4n) is 3.18. The van der Waals surface area contributed by atoms with E-state index in [0.29, 0.717) is 17.3 Å². The first-order valence-corrected chi connectivity index (χ1v) is 9.03.